The van der Waals surface area contributed by atoms with Gasteiger partial charge in [0.1, 0.15) is 5.65 Å². The molecular weight excluding hydrogens is 288 g/mol. The molecule has 0 aliphatic carbocycles. The summed E-state index contributed by atoms with van der Waals surface area (Å²) in [7, 11) is 0. The van der Waals surface area contributed by atoms with E-state index in [1.165, 1.54) is 5.69 Å². The number of carbonyl (C=O) groups excluding carboxylic acids is 1. The van der Waals surface area contributed by atoms with Crippen LogP contribution in [0.15, 0.2) is 48.9 Å². The molecule has 0 radical (unpaired) electrons. The molecule has 0 aromatic carbocycles. The van der Waals surface area contributed by atoms with Crippen molar-refractivity contribution in [1.29, 1.82) is 0 Å². The number of carbonyl (C=O) groups is 1. The van der Waals surface area contributed by atoms with Gasteiger partial charge in [-0.1, -0.05) is 13.0 Å². The molecule has 5 nitrogen and oxygen atoms in total. The lowest BCUT2D eigenvalue weighted by Gasteiger charge is -2.36. The predicted molar refractivity (Wildman–Crippen MR) is 88.1 cm³/mol. The Morgan fingerprint density at radius 2 is 2.13 bits per heavy atom. The van der Waals surface area contributed by atoms with Gasteiger partial charge in [-0.3, -0.25) is 4.79 Å². The Labute approximate surface area is 135 Å². The summed E-state index contributed by atoms with van der Waals surface area (Å²) >= 11 is 0. The fourth-order valence-electron chi connectivity index (χ4n) is 3.56. The van der Waals surface area contributed by atoms with Crippen molar-refractivity contribution in [3.8, 4) is 0 Å². The standard InChI is InChI=1S/C18H20N4O/c1-2-15-16-6-5-8-20(16)10-11-22(15)18(23)12-14-13-19-17-7-3-4-9-21(14)17/h3-9,13,15H,2,10-12H2,1H3. The molecule has 4 heterocycles. The molecule has 0 saturated heterocycles. The van der Waals surface area contributed by atoms with Crippen molar-refractivity contribution in [3.63, 3.8) is 0 Å². The van der Waals surface area contributed by atoms with Crippen LogP contribution in [0.3, 0.4) is 0 Å². The maximum Gasteiger partial charge on any atom is 0.229 e. The highest BCUT2D eigenvalue weighted by molar-refractivity contribution is 5.79. The predicted octanol–water partition coefficient (Wildman–Crippen LogP) is 2.67. The van der Waals surface area contributed by atoms with Gasteiger partial charge in [-0.05, 0) is 30.7 Å². The molecule has 5 heteroatoms. The monoisotopic (exact) mass is 308 g/mol. The van der Waals surface area contributed by atoms with E-state index >= 15 is 0 Å². The van der Waals surface area contributed by atoms with Crippen LogP contribution in [-0.2, 0) is 17.8 Å². The Morgan fingerprint density at radius 3 is 3.00 bits per heavy atom. The van der Waals surface area contributed by atoms with Crippen molar-refractivity contribution in [3.05, 3.63) is 60.3 Å². The SMILES string of the molecule is CCC1c2cccn2CCN1C(=O)Cc1cnc2ccccn12. The summed E-state index contributed by atoms with van der Waals surface area (Å²) in [5.41, 5.74) is 3.07. The highest BCUT2D eigenvalue weighted by Crippen LogP contribution is 2.29. The van der Waals surface area contributed by atoms with Crippen molar-refractivity contribution in [2.75, 3.05) is 6.54 Å². The topological polar surface area (TPSA) is 42.5 Å². The Kier molecular flexibility index (Phi) is 3.41. The number of hydrogen-bond acceptors (Lipinski definition) is 2. The summed E-state index contributed by atoms with van der Waals surface area (Å²) in [5.74, 6) is 0.176. The van der Waals surface area contributed by atoms with Crippen LogP contribution in [0.2, 0.25) is 0 Å². The van der Waals surface area contributed by atoms with Gasteiger partial charge in [-0.25, -0.2) is 4.98 Å². The van der Waals surface area contributed by atoms with E-state index in [0.29, 0.717) is 6.42 Å². The zero-order valence-corrected chi connectivity index (χ0v) is 13.2. The van der Waals surface area contributed by atoms with Crippen LogP contribution < -0.4 is 0 Å². The van der Waals surface area contributed by atoms with E-state index in [2.05, 4.69) is 34.8 Å². The Bertz CT molecular complexity index is 847. The normalized spacial score (nSPS) is 17.4. The zero-order chi connectivity index (χ0) is 15.8. The first-order valence-corrected chi connectivity index (χ1v) is 8.13. The number of hydrogen-bond donors (Lipinski definition) is 0. The van der Waals surface area contributed by atoms with Crippen LogP contribution in [0.4, 0.5) is 0 Å². The second-order valence-corrected chi connectivity index (χ2v) is 5.99. The minimum atomic E-state index is 0.172. The van der Waals surface area contributed by atoms with E-state index in [-0.39, 0.29) is 11.9 Å². The number of pyridine rings is 1. The molecule has 0 fully saturated rings. The summed E-state index contributed by atoms with van der Waals surface area (Å²) in [6.45, 7) is 3.79. The maximum atomic E-state index is 12.9. The number of imidazole rings is 1. The molecule has 1 amide bonds. The van der Waals surface area contributed by atoms with Gasteiger partial charge in [0.15, 0.2) is 0 Å². The molecule has 1 aliphatic rings. The molecule has 0 saturated carbocycles. The number of aromatic nitrogens is 3. The fraction of sp³-hybridized carbons (Fsp3) is 0.333. The van der Waals surface area contributed by atoms with Gasteiger partial charge < -0.3 is 13.9 Å². The van der Waals surface area contributed by atoms with E-state index in [0.717, 1.165) is 30.9 Å². The Hall–Kier alpha value is -2.56. The average Bonchev–Trinajstić information content (AvgIpc) is 3.21. The highest BCUT2D eigenvalue weighted by Gasteiger charge is 2.29. The Balaban J connectivity index is 1.60. The van der Waals surface area contributed by atoms with E-state index in [9.17, 15) is 4.79 Å². The third-order valence-corrected chi connectivity index (χ3v) is 4.70. The van der Waals surface area contributed by atoms with E-state index in [1.807, 2.05) is 33.7 Å². The Morgan fingerprint density at radius 1 is 1.22 bits per heavy atom. The summed E-state index contributed by atoms with van der Waals surface area (Å²) in [5, 5.41) is 0. The van der Waals surface area contributed by atoms with Gasteiger partial charge in [0.05, 0.1) is 18.2 Å². The quantitative estimate of drug-likeness (QED) is 0.746. The average molecular weight is 308 g/mol. The van der Waals surface area contributed by atoms with E-state index in [4.69, 9.17) is 0 Å². The first-order chi connectivity index (χ1) is 11.3. The second kappa shape index (κ2) is 5.57. The smallest absolute Gasteiger partial charge is 0.229 e. The summed E-state index contributed by atoms with van der Waals surface area (Å²) in [6.07, 6.45) is 7.19. The lowest BCUT2D eigenvalue weighted by atomic mass is 10.1. The minimum absolute atomic E-state index is 0.172. The first-order valence-electron chi connectivity index (χ1n) is 8.13. The molecule has 0 bridgehead atoms. The van der Waals surface area contributed by atoms with Gasteiger partial charge >= 0.3 is 0 Å². The van der Waals surface area contributed by atoms with Crippen LogP contribution in [0, 0.1) is 0 Å². The summed E-state index contributed by atoms with van der Waals surface area (Å²) in [6, 6.07) is 10.2. The molecule has 1 aliphatic heterocycles. The number of nitrogens with zero attached hydrogens (tertiary/aromatic N) is 4. The highest BCUT2D eigenvalue weighted by atomic mass is 16.2. The molecule has 1 atom stereocenters. The molecule has 3 aromatic rings. The maximum absolute atomic E-state index is 12.9. The largest absolute Gasteiger partial charge is 0.348 e. The van der Waals surface area contributed by atoms with Crippen molar-refractivity contribution >= 4 is 11.6 Å². The minimum Gasteiger partial charge on any atom is -0.348 e. The molecule has 3 aromatic heterocycles. The number of fused-ring (bicyclic) bond motifs is 2. The second-order valence-electron chi connectivity index (χ2n) is 5.99. The van der Waals surface area contributed by atoms with Gasteiger partial charge in [0, 0.05) is 37.4 Å². The zero-order valence-electron chi connectivity index (χ0n) is 13.2. The number of rotatable bonds is 3. The third kappa shape index (κ3) is 2.32. The van der Waals surface area contributed by atoms with Gasteiger partial charge in [0.2, 0.25) is 5.91 Å². The van der Waals surface area contributed by atoms with Crippen LogP contribution in [0.5, 0.6) is 0 Å². The number of amides is 1. The van der Waals surface area contributed by atoms with Crippen LogP contribution in [0.1, 0.15) is 30.8 Å². The van der Waals surface area contributed by atoms with Crippen molar-refractivity contribution in [2.24, 2.45) is 0 Å². The molecule has 23 heavy (non-hydrogen) atoms. The van der Waals surface area contributed by atoms with Crippen molar-refractivity contribution < 1.29 is 4.79 Å². The molecule has 118 valence electrons. The lowest BCUT2D eigenvalue weighted by molar-refractivity contribution is -0.134. The molecule has 0 spiro atoms. The van der Waals surface area contributed by atoms with Crippen molar-refractivity contribution in [1.82, 2.24) is 18.9 Å². The van der Waals surface area contributed by atoms with Crippen molar-refractivity contribution in [2.45, 2.75) is 32.4 Å². The molecule has 0 N–H and O–H groups in total. The van der Waals surface area contributed by atoms with Gasteiger partial charge in [0.25, 0.3) is 0 Å². The van der Waals surface area contributed by atoms with Gasteiger partial charge in [-0.2, -0.15) is 0 Å². The van der Waals surface area contributed by atoms with Crippen LogP contribution in [-0.4, -0.2) is 31.3 Å². The molecule has 1 unspecified atom stereocenters. The molecule has 4 rings (SSSR count). The lowest BCUT2D eigenvalue weighted by Crippen LogP contribution is -2.42. The van der Waals surface area contributed by atoms with E-state index in [1.54, 1.807) is 6.20 Å². The van der Waals surface area contributed by atoms with Crippen LogP contribution in [0.25, 0.3) is 5.65 Å². The van der Waals surface area contributed by atoms with Gasteiger partial charge in [-0.15, -0.1) is 0 Å². The summed E-state index contributed by atoms with van der Waals surface area (Å²) in [4.78, 5) is 19.3. The molecular formula is C18H20N4O. The van der Waals surface area contributed by atoms with Crippen LogP contribution >= 0.6 is 0 Å². The first kappa shape index (κ1) is 14.1. The summed E-state index contributed by atoms with van der Waals surface area (Å²) < 4.78 is 4.25. The fourth-order valence-corrected chi connectivity index (χ4v) is 3.56. The third-order valence-electron chi connectivity index (χ3n) is 4.70. The van der Waals surface area contributed by atoms with E-state index < -0.39 is 0 Å².